The van der Waals surface area contributed by atoms with Gasteiger partial charge in [-0.25, -0.2) is 28.9 Å². The molecule has 0 aliphatic carbocycles. The maximum absolute atomic E-state index is 12.8. The summed E-state index contributed by atoms with van der Waals surface area (Å²) in [5.41, 5.74) is 1.25. The smallest absolute Gasteiger partial charge is 0.354 e. The maximum atomic E-state index is 12.8. The van der Waals surface area contributed by atoms with Gasteiger partial charge in [-0.05, 0) is 42.8 Å². The molecule has 0 bridgehead atoms. The number of hydrogen-bond acceptors (Lipinski definition) is 7. The molecule has 0 amide bonds. The Bertz CT molecular complexity index is 1530. The van der Waals surface area contributed by atoms with E-state index >= 15 is 0 Å². The van der Waals surface area contributed by atoms with Crippen LogP contribution in [0.3, 0.4) is 0 Å². The Labute approximate surface area is 192 Å². The van der Waals surface area contributed by atoms with Gasteiger partial charge in [0.05, 0.1) is 12.2 Å². The van der Waals surface area contributed by atoms with Crippen molar-refractivity contribution in [2.24, 2.45) is 12.0 Å². The summed E-state index contributed by atoms with van der Waals surface area (Å²) in [4.78, 5) is 50.8. The van der Waals surface area contributed by atoms with Crippen LogP contribution in [-0.4, -0.2) is 35.2 Å². The first kappa shape index (κ1) is 22.4. The lowest BCUT2D eigenvalue weighted by Crippen LogP contribution is -2.48. The zero-order chi connectivity index (χ0) is 24.2. The highest BCUT2D eigenvalue weighted by Gasteiger charge is 2.09. The van der Waals surface area contributed by atoms with Crippen LogP contribution in [0, 0.1) is 6.92 Å². The topological polar surface area (TPSA) is 144 Å². The summed E-state index contributed by atoms with van der Waals surface area (Å²) in [6, 6.07) is 15.2. The van der Waals surface area contributed by atoms with Gasteiger partial charge in [-0.1, -0.05) is 29.8 Å². The highest BCUT2D eigenvalue weighted by atomic mass is 16.5. The summed E-state index contributed by atoms with van der Waals surface area (Å²) in [5.74, 6) is -0.838. The van der Waals surface area contributed by atoms with Gasteiger partial charge in [0.25, 0.3) is 0 Å². The van der Waals surface area contributed by atoms with E-state index in [0.29, 0.717) is 11.4 Å². The summed E-state index contributed by atoms with van der Waals surface area (Å²) >= 11 is 0. The van der Waals surface area contributed by atoms with Crippen molar-refractivity contribution in [2.75, 3.05) is 0 Å². The molecule has 0 aliphatic rings. The average Bonchev–Trinajstić information content (AvgIpc) is 2.83. The molecule has 2 aromatic carbocycles. The molecule has 4 aromatic rings. The van der Waals surface area contributed by atoms with E-state index in [-0.39, 0.29) is 23.9 Å². The Kier molecular flexibility index (Phi) is 6.17. The molecule has 0 saturated carbocycles. The molecule has 2 N–H and O–H groups in total. The third kappa shape index (κ3) is 4.99. The molecule has 0 aliphatic heterocycles. The monoisotopic (exact) mass is 460 g/mol. The van der Waals surface area contributed by atoms with Gasteiger partial charge >= 0.3 is 23.4 Å². The van der Waals surface area contributed by atoms with Crippen LogP contribution in [0.4, 0.5) is 5.69 Å². The number of carboxylic acids is 1. The van der Waals surface area contributed by atoms with E-state index in [9.17, 15) is 14.4 Å². The number of carbonyl (C=O) groups is 1. The van der Waals surface area contributed by atoms with Crippen molar-refractivity contribution in [3.05, 3.63) is 104 Å². The minimum atomic E-state index is -1.19. The Morgan fingerprint density at radius 1 is 1.09 bits per heavy atom. The number of aromatic amines is 1. The minimum Gasteiger partial charge on any atom is -0.477 e. The van der Waals surface area contributed by atoms with E-state index in [1.54, 1.807) is 24.3 Å². The quantitative estimate of drug-likeness (QED) is 0.446. The van der Waals surface area contributed by atoms with E-state index in [1.807, 2.05) is 31.2 Å². The average molecular weight is 460 g/mol. The van der Waals surface area contributed by atoms with Gasteiger partial charge in [-0.15, -0.1) is 0 Å². The van der Waals surface area contributed by atoms with Crippen molar-refractivity contribution >= 4 is 11.7 Å². The molecule has 0 atom stereocenters. The van der Waals surface area contributed by atoms with Crippen LogP contribution in [0.1, 0.15) is 21.6 Å². The molecule has 11 nitrogen and oxygen atoms in total. The highest BCUT2D eigenvalue weighted by molar-refractivity contribution is 5.85. The number of H-pyrrole nitrogens is 1. The molecule has 0 fully saturated rings. The van der Waals surface area contributed by atoms with Crippen molar-refractivity contribution in [1.29, 1.82) is 0 Å². The van der Waals surface area contributed by atoms with Gasteiger partial charge in [0, 0.05) is 13.2 Å². The van der Waals surface area contributed by atoms with Gasteiger partial charge in [0.2, 0.25) is 5.62 Å². The van der Waals surface area contributed by atoms with Crippen LogP contribution in [-0.2, 0) is 13.6 Å². The van der Waals surface area contributed by atoms with Crippen molar-refractivity contribution in [3.8, 4) is 11.8 Å². The van der Waals surface area contributed by atoms with Gasteiger partial charge in [0.15, 0.2) is 5.69 Å². The van der Waals surface area contributed by atoms with E-state index in [0.717, 1.165) is 15.7 Å². The summed E-state index contributed by atoms with van der Waals surface area (Å²) in [5, 5.41) is 9.03. The minimum absolute atomic E-state index is 0.0971. The number of nitrogens with zero attached hydrogens (tertiary/aromatic N) is 5. The lowest BCUT2D eigenvalue weighted by molar-refractivity contribution is 0.0689. The van der Waals surface area contributed by atoms with Crippen LogP contribution in [0.5, 0.6) is 11.8 Å². The molecule has 172 valence electrons. The molecule has 0 unspecified atom stereocenters. The van der Waals surface area contributed by atoms with Crippen LogP contribution in [0.25, 0.3) is 0 Å². The van der Waals surface area contributed by atoms with E-state index < -0.39 is 17.3 Å². The third-order valence-electron chi connectivity index (χ3n) is 4.89. The Balaban J connectivity index is 1.66. The molecule has 34 heavy (non-hydrogen) atoms. The number of carboxylic acid groups (broad SMARTS) is 1. The Morgan fingerprint density at radius 3 is 2.47 bits per heavy atom. The highest BCUT2D eigenvalue weighted by Crippen LogP contribution is 2.21. The number of nitrogens with one attached hydrogen (secondary N) is 1. The lowest BCUT2D eigenvalue weighted by atomic mass is 10.1. The maximum Gasteiger partial charge on any atom is 0.354 e. The summed E-state index contributed by atoms with van der Waals surface area (Å²) in [7, 11) is 1.39. The van der Waals surface area contributed by atoms with E-state index in [1.165, 1.54) is 23.9 Å². The first-order valence-electron chi connectivity index (χ1n) is 10.1. The summed E-state index contributed by atoms with van der Waals surface area (Å²) in [6.45, 7) is 2.19. The molecule has 2 aromatic heterocycles. The zero-order valence-electron chi connectivity index (χ0n) is 18.3. The third-order valence-corrected chi connectivity index (χ3v) is 4.89. The number of ether oxygens (including phenoxy) is 1. The van der Waals surface area contributed by atoms with Gasteiger partial charge < -0.3 is 9.84 Å². The molecular formula is C23H20N6O5. The number of rotatable bonds is 6. The number of benzene rings is 2. The molecular weight excluding hydrogens is 440 g/mol. The fraction of sp³-hybridized carbons (Fsp3) is 0.130. The van der Waals surface area contributed by atoms with Gasteiger partial charge in [-0.2, -0.15) is 4.98 Å². The van der Waals surface area contributed by atoms with Crippen LogP contribution >= 0.6 is 0 Å². The van der Waals surface area contributed by atoms with Crippen molar-refractivity contribution < 1.29 is 14.6 Å². The largest absolute Gasteiger partial charge is 0.477 e. The van der Waals surface area contributed by atoms with Crippen LogP contribution < -0.4 is 21.7 Å². The lowest BCUT2D eigenvalue weighted by Gasteiger charge is -2.09. The molecule has 4 rings (SSSR count). The van der Waals surface area contributed by atoms with Gasteiger partial charge in [-0.3, -0.25) is 9.55 Å². The Hall–Kier alpha value is -4.80. The first-order valence-corrected chi connectivity index (χ1v) is 10.1. The summed E-state index contributed by atoms with van der Waals surface area (Å²) in [6.07, 6.45) is 1.29. The van der Waals surface area contributed by atoms with Crippen LogP contribution in [0.2, 0.25) is 0 Å². The van der Waals surface area contributed by atoms with Crippen molar-refractivity contribution in [3.63, 3.8) is 0 Å². The van der Waals surface area contributed by atoms with E-state index in [2.05, 4.69) is 19.9 Å². The number of hydrogen-bond donors (Lipinski definition) is 2. The second kappa shape index (κ2) is 9.36. The predicted molar refractivity (Wildman–Crippen MR) is 121 cm³/mol. The fourth-order valence-corrected chi connectivity index (χ4v) is 3.04. The SMILES string of the molecule is Cc1ccc(Cn2c(=O)n(C)c(=O)[nH]/c2=N\c2ccc(Oc3nccc(C(=O)O)n3)cc2)cc1. The fourth-order valence-electron chi connectivity index (χ4n) is 3.04. The first-order chi connectivity index (χ1) is 16.3. The van der Waals surface area contributed by atoms with Crippen molar-refractivity contribution in [1.82, 2.24) is 24.1 Å². The number of aryl methyl sites for hydroxylation is 1. The predicted octanol–water partition coefficient (Wildman–Crippen LogP) is 1.74. The zero-order valence-corrected chi connectivity index (χ0v) is 18.3. The molecule has 0 radical (unpaired) electrons. The molecule has 0 spiro atoms. The Morgan fingerprint density at radius 2 is 1.79 bits per heavy atom. The van der Waals surface area contributed by atoms with Crippen molar-refractivity contribution in [2.45, 2.75) is 13.5 Å². The van der Waals surface area contributed by atoms with E-state index in [4.69, 9.17) is 9.84 Å². The number of aromatic carboxylic acids is 1. The normalized spacial score (nSPS) is 11.4. The molecule has 11 heteroatoms. The second-order valence-corrected chi connectivity index (χ2v) is 7.40. The molecule has 2 heterocycles. The second-order valence-electron chi connectivity index (χ2n) is 7.40. The van der Waals surface area contributed by atoms with Gasteiger partial charge in [0.1, 0.15) is 5.75 Å². The van der Waals surface area contributed by atoms with Crippen LogP contribution in [0.15, 0.2) is 75.4 Å². The summed E-state index contributed by atoms with van der Waals surface area (Å²) < 4.78 is 7.86. The molecule has 0 saturated heterocycles. The standard InChI is InChI=1S/C23H20N6O5/c1-14-3-5-15(6-4-14)13-29-20(27-22(32)28(2)23(29)33)25-16-7-9-17(10-8-16)34-21-24-12-11-18(26-21)19(30)31/h3-12H,13H2,1-2H3,(H,30,31)(H,25,27,32). The number of aromatic nitrogens is 5.